The Kier molecular flexibility index (Phi) is 4.83. The molecule has 17 heavy (non-hydrogen) atoms. The third-order valence-corrected chi connectivity index (χ3v) is 4.40. The summed E-state index contributed by atoms with van der Waals surface area (Å²) in [6, 6.07) is 2.15. The van der Waals surface area contributed by atoms with E-state index in [0.29, 0.717) is 12.1 Å². The van der Waals surface area contributed by atoms with E-state index < -0.39 is 0 Å². The maximum Gasteiger partial charge on any atom is 0.0480 e. The van der Waals surface area contributed by atoms with Crippen molar-refractivity contribution in [2.75, 3.05) is 26.3 Å². The Balaban J connectivity index is 2.01. The van der Waals surface area contributed by atoms with Crippen LogP contribution in [0.4, 0.5) is 0 Å². The summed E-state index contributed by atoms with van der Waals surface area (Å²) in [5.41, 5.74) is 0. The number of hydrogen-bond acceptors (Lipinski definition) is 3. The maximum atomic E-state index is 5.50. The highest BCUT2D eigenvalue weighted by molar-refractivity contribution is 4.91. The topological polar surface area (TPSA) is 24.5 Å². The third kappa shape index (κ3) is 3.21. The standard InChI is InChI=1S/C14H28N2O/c1-4-12-10-16(13-5-7-17-8-6-13)14(9-15-12)11(2)3/h11-15H,4-10H2,1-3H3. The van der Waals surface area contributed by atoms with Gasteiger partial charge in [-0.1, -0.05) is 20.8 Å². The fraction of sp³-hybridized carbons (Fsp3) is 1.00. The first-order valence-electron chi connectivity index (χ1n) is 7.29. The first-order chi connectivity index (χ1) is 8.22. The van der Waals surface area contributed by atoms with Gasteiger partial charge in [0.1, 0.15) is 0 Å². The van der Waals surface area contributed by atoms with Gasteiger partial charge in [0, 0.05) is 44.4 Å². The van der Waals surface area contributed by atoms with Crippen LogP contribution in [-0.4, -0.2) is 49.3 Å². The van der Waals surface area contributed by atoms with Crippen LogP contribution >= 0.6 is 0 Å². The summed E-state index contributed by atoms with van der Waals surface area (Å²) in [6.07, 6.45) is 3.68. The van der Waals surface area contributed by atoms with Crippen LogP contribution in [0.5, 0.6) is 0 Å². The zero-order valence-electron chi connectivity index (χ0n) is 11.6. The molecule has 0 aromatic carbocycles. The van der Waals surface area contributed by atoms with Crippen LogP contribution in [0.3, 0.4) is 0 Å². The summed E-state index contributed by atoms with van der Waals surface area (Å²) >= 11 is 0. The molecule has 0 radical (unpaired) electrons. The average molecular weight is 240 g/mol. The van der Waals surface area contributed by atoms with E-state index in [1.165, 1.54) is 25.8 Å². The Labute approximate surface area is 106 Å². The van der Waals surface area contributed by atoms with Gasteiger partial charge < -0.3 is 10.1 Å². The van der Waals surface area contributed by atoms with E-state index in [9.17, 15) is 0 Å². The second kappa shape index (κ2) is 6.17. The van der Waals surface area contributed by atoms with Gasteiger partial charge in [0.25, 0.3) is 0 Å². The highest BCUT2D eigenvalue weighted by Crippen LogP contribution is 2.24. The molecule has 0 spiro atoms. The van der Waals surface area contributed by atoms with Crippen LogP contribution in [0, 0.1) is 5.92 Å². The zero-order valence-corrected chi connectivity index (χ0v) is 11.6. The van der Waals surface area contributed by atoms with E-state index in [2.05, 4.69) is 31.0 Å². The Bertz CT molecular complexity index is 226. The van der Waals surface area contributed by atoms with Crippen molar-refractivity contribution in [3.8, 4) is 0 Å². The number of rotatable bonds is 3. The minimum Gasteiger partial charge on any atom is -0.381 e. The Hall–Kier alpha value is -0.120. The lowest BCUT2D eigenvalue weighted by atomic mass is 9.93. The van der Waals surface area contributed by atoms with Gasteiger partial charge in [-0.05, 0) is 25.2 Å². The monoisotopic (exact) mass is 240 g/mol. The quantitative estimate of drug-likeness (QED) is 0.815. The van der Waals surface area contributed by atoms with Gasteiger partial charge in [-0.15, -0.1) is 0 Å². The van der Waals surface area contributed by atoms with Crippen LogP contribution in [-0.2, 0) is 4.74 Å². The molecule has 2 aliphatic heterocycles. The molecule has 2 heterocycles. The van der Waals surface area contributed by atoms with Crippen LogP contribution in [0.25, 0.3) is 0 Å². The van der Waals surface area contributed by atoms with Gasteiger partial charge in [0.05, 0.1) is 0 Å². The van der Waals surface area contributed by atoms with Crippen molar-refractivity contribution in [2.24, 2.45) is 5.92 Å². The third-order valence-electron chi connectivity index (χ3n) is 4.40. The minimum atomic E-state index is 0.688. The molecule has 2 atom stereocenters. The second-order valence-electron chi connectivity index (χ2n) is 5.87. The second-order valence-corrected chi connectivity index (χ2v) is 5.87. The number of ether oxygens (including phenoxy) is 1. The van der Waals surface area contributed by atoms with E-state index in [0.717, 1.165) is 31.7 Å². The van der Waals surface area contributed by atoms with Gasteiger partial charge >= 0.3 is 0 Å². The lowest BCUT2D eigenvalue weighted by molar-refractivity contribution is -0.0108. The molecule has 0 aliphatic carbocycles. The van der Waals surface area contributed by atoms with Crippen molar-refractivity contribution < 1.29 is 4.74 Å². The Morgan fingerprint density at radius 3 is 2.59 bits per heavy atom. The van der Waals surface area contributed by atoms with Crippen molar-refractivity contribution in [3.05, 3.63) is 0 Å². The van der Waals surface area contributed by atoms with E-state index in [1.807, 2.05) is 0 Å². The smallest absolute Gasteiger partial charge is 0.0480 e. The molecule has 2 fully saturated rings. The van der Waals surface area contributed by atoms with E-state index in [1.54, 1.807) is 0 Å². The SMILES string of the molecule is CCC1CN(C2CCOCC2)C(C(C)C)CN1. The molecule has 1 N–H and O–H groups in total. The van der Waals surface area contributed by atoms with Crippen molar-refractivity contribution in [1.82, 2.24) is 10.2 Å². The van der Waals surface area contributed by atoms with Crippen molar-refractivity contribution in [1.29, 1.82) is 0 Å². The van der Waals surface area contributed by atoms with Gasteiger partial charge in [0.2, 0.25) is 0 Å². The molecule has 0 bridgehead atoms. The van der Waals surface area contributed by atoms with Crippen molar-refractivity contribution >= 4 is 0 Å². The molecule has 2 aliphatic rings. The number of nitrogens with one attached hydrogen (secondary N) is 1. The summed E-state index contributed by atoms with van der Waals surface area (Å²) in [7, 11) is 0. The fourth-order valence-electron chi connectivity index (χ4n) is 3.19. The molecule has 0 aromatic rings. The van der Waals surface area contributed by atoms with Crippen molar-refractivity contribution in [2.45, 2.75) is 58.2 Å². The highest BCUT2D eigenvalue weighted by Gasteiger charge is 2.34. The van der Waals surface area contributed by atoms with Gasteiger partial charge in [0.15, 0.2) is 0 Å². The summed E-state index contributed by atoms with van der Waals surface area (Å²) in [5, 5.41) is 3.70. The molecule has 2 rings (SSSR count). The average Bonchev–Trinajstić information content (AvgIpc) is 2.39. The lowest BCUT2D eigenvalue weighted by Gasteiger charge is -2.47. The molecular weight excluding hydrogens is 212 g/mol. The Morgan fingerprint density at radius 1 is 1.29 bits per heavy atom. The van der Waals surface area contributed by atoms with E-state index in [4.69, 9.17) is 4.74 Å². The zero-order chi connectivity index (χ0) is 12.3. The first kappa shape index (κ1) is 13.3. The van der Waals surface area contributed by atoms with E-state index >= 15 is 0 Å². The molecule has 3 nitrogen and oxygen atoms in total. The normalized spacial score (nSPS) is 33.2. The fourth-order valence-corrected chi connectivity index (χ4v) is 3.19. The van der Waals surface area contributed by atoms with Crippen LogP contribution in [0.2, 0.25) is 0 Å². The molecule has 0 saturated carbocycles. The number of piperazine rings is 1. The van der Waals surface area contributed by atoms with E-state index in [-0.39, 0.29) is 0 Å². The van der Waals surface area contributed by atoms with Gasteiger partial charge in [-0.3, -0.25) is 4.90 Å². The van der Waals surface area contributed by atoms with Gasteiger partial charge in [-0.25, -0.2) is 0 Å². The molecule has 2 unspecified atom stereocenters. The highest BCUT2D eigenvalue weighted by atomic mass is 16.5. The molecule has 3 heteroatoms. The molecule has 2 saturated heterocycles. The largest absolute Gasteiger partial charge is 0.381 e. The molecular formula is C14H28N2O. The number of nitrogens with zero attached hydrogens (tertiary/aromatic N) is 1. The predicted molar refractivity (Wildman–Crippen MR) is 71.3 cm³/mol. The minimum absolute atomic E-state index is 0.688. The van der Waals surface area contributed by atoms with Gasteiger partial charge in [-0.2, -0.15) is 0 Å². The lowest BCUT2D eigenvalue weighted by Crippen LogP contribution is -2.61. The summed E-state index contributed by atoms with van der Waals surface area (Å²) < 4.78 is 5.50. The Morgan fingerprint density at radius 2 is 2.00 bits per heavy atom. The van der Waals surface area contributed by atoms with Crippen molar-refractivity contribution in [3.63, 3.8) is 0 Å². The number of hydrogen-bond donors (Lipinski definition) is 1. The first-order valence-corrected chi connectivity index (χ1v) is 7.29. The maximum absolute atomic E-state index is 5.50. The predicted octanol–water partition coefficient (Wildman–Crippen LogP) is 1.87. The summed E-state index contributed by atoms with van der Waals surface area (Å²) in [5.74, 6) is 0.739. The molecule has 0 amide bonds. The molecule has 0 aromatic heterocycles. The van der Waals surface area contributed by atoms with Crippen LogP contribution in [0.1, 0.15) is 40.0 Å². The summed E-state index contributed by atoms with van der Waals surface area (Å²) in [6.45, 7) is 11.3. The molecule has 100 valence electrons. The van der Waals surface area contributed by atoms with Crippen LogP contribution in [0.15, 0.2) is 0 Å². The van der Waals surface area contributed by atoms with Crippen LogP contribution < -0.4 is 5.32 Å². The summed E-state index contributed by atoms with van der Waals surface area (Å²) in [4.78, 5) is 2.78.